The lowest BCUT2D eigenvalue weighted by Gasteiger charge is -2.36. The van der Waals surface area contributed by atoms with E-state index >= 15 is 0 Å². The largest absolute Gasteiger partial charge is 0.371 e. The predicted octanol–water partition coefficient (Wildman–Crippen LogP) is 3.27. The Kier molecular flexibility index (Phi) is 4.87. The molecule has 2 unspecified atom stereocenters. The number of hydrogen-bond donors (Lipinski definition) is 0. The number of rotatable bonds is 2. The second kappa shape index (κ2) is 6.25. The van der Waals surface area contributed by atoms with Crippen molar-refractivity contribution in [3.05, 3.63) is 34.3 Å². The minimum atomic E-state index is 0.0512. The lowest BCUT2D eigenvalue weighted by molar-refractivity contribution is -0.0559. The molecule has 0 saturated carbocycles. The van der Waals surface area contributed by atoms with Crippen LogP contribution >= 0.6 is 27.5 Å². The van der Waals surface area contributed by atoms with Crippen molar-refractivity contribution < 1.29 is 9.53 Å². The molecule has 5 heteroatoms. The van der Waals surface area contributed by atoms with Crippen molar-refractivity contribution in [3.63, 3.8) is 0 Å². The number of benzene rings is 1. The van der Waals surface area contributed by atoms with Gasteiger partial charge in [0.2, 0.25) is 0 Å². The van der Waals surface area contributed by atoms with Gasteiger partial charge in [-0.2, -0.15) is 0 Å². The summed E-state index contributed by atoms with van der Waals surface area (Å²) in [5.74, 6) is 0.0512. The van der Waals surface area contributed by atoms with Gasteiger partial charge in [-0.15, -0.1) is 0 Å². The molecule has 1 amide bonds. The number of alkyl halides is 1. The van der Waals surface area contributed by atoms with Gasteiger partial charge in [-0.25, -0.2) is 0 Å². The Morgan fingerprint density at radius 1 is 1.53 bits per heavy atom. The number of hydrogen-bond acceptors (Lipinski definition) is 2. The van der Waals surface area contributed by atoms with Crippen molar-refractivity contribution in [3.8, 4) is 0 Å². The van der Waals surface area contributed by atoms with Gasteiger partial charge in [0.05, 0.1) is 12.2 Å². The normalized spacial score (nSPS) is 23.5. The first-order chi connectivity index (χ1) is 9.01. The van der Waals surface area contributed by atoms with Crippen molar-refractivity contribution in [2.24, 2.45) is 0 Å². The molecule has 1 fully saturated rings. The van der Waals surface area contributed by atoms with E-state index in [4.69, 9.17) is 16.3 Å². The van der Waals surface area contributed by atoms with Crippen LogP contribution in [-0.4, -0.2) is 41.4 Å². The van der Waals surface area contributed by atoms with Gasteiger partial charge < -0.3 is 9.64 Å². The van der Waals surface area contributed by atoms with Gasteiger partial charge in [-0.1, -0.05) is 27.5 Å². The Bertz CT molecular complexity index is 481. The van der Waals surface area contributed by atoms with Gasteiger partial charge in [0.1, 0.15) is 0 Å². The number of halogens is 2. The average molecular weight is 347 g/mol. The van der Waals surface area contributed by atoms with Crippen LogP contribution in [0.3, 0.4) is 0 Å². The maximum Gasteiger partial charge on any atom is 0.254 e. The van der Waals surface area contributed by atoms with E-state index in [1.807, 2.05) is 24.8 Å². The quantitative estimate of drug-likeness (QED) is 0.769. The molecular formula is C14H17BrClNO2. The van der Waals surface area contributed by atoms with Gasteiger partial charge >= 0.3 is 0 Å². The molecule has 0 bridgehead atoms. The summed E-state index contributed by atoms with van der Waals surface area (Å²) in [6.07, 6.45) is 0.119. The number of ether oxygens (including phenoxy) is 1. The molecule has 0 aliphatic carbocycles. The van der Waals surface area contributed by atoms with Gasteiger partial charge in [0, 0.05) is 29.0 Å². The molecule has 1 heterocycles. The first-order valence-corrected chi connectivity index (χ1v) is 7.78. The van der Waals surface area contributed by atoms with E-state index in [9.17, 15) is 4.79 Å². The fourth-order valence-electron chi connectivity index (χ4n) is 2.33. The topological polar surface area (TPSA) is 29.5 Å². The Hall–Kier alpha value is -0.580. The molecule has 1 aliphatic rings. The number of aryl methyl sites for hydroxylation is 1. The van der Waals surface area contributed by atoms with Crippen LogP contribution in [-0.2, 0) is 4.74 Å². The molecule has 0 radical (unpaired) electrons. The fourth-order valence-corrected chi connectivity index (χ4v) is 2.92. The van der Waals surface area contributed by atoms with Gasteiger partial charge in [0.15, 0.2) is 0 Å². The Morgan fingerprint density at radius 2 is 2.26 bits per heavy atom. The summed E-state index contributed by atoms with van der Waals surface area (Å²) in [4.78, 5) is 14.4. The SMILES string of the molecule is Cc1cc(Cl)ccc1C(=O)N1CC(C)OC(CBr)C1. The van der Waals surface area contributed by atoms with Gasteiger partial charge in [-0.05, 0) is 37.6 Å². The van der Waals surface area contributed by atoms with E-state index in [1.165, 1.54) is 0 Å². The number of nitrogens with zero attached hydrogens (tertiary/aromatic N) is 1. The lowest BCUT2D eigenvalue weighted by Crippen LogP contribution is -2.49. The van der Waals surface area contributed by atoms with Crippen molar-refractivity contribution in [2.75, 3.05) is 18.4 Å². The summed E-state index contributed by atoms with van der Waals surface area (Å²) in [6, 6.07) is 5.37. The van der Waals surface area contributed by atoms with Crippen LogP contribution < -0.4 is 0 Å². The molecular weight excluding hydrogens is 330 g/mol. The molecule has 1 aliphatic heterocycles. The Labute approximate surface area is 127 Å². The molecule has 1 aromatic carbocycles. The third-order valence-corrected chi connectivity index (χ3v) is 4.16. The highest BCUT2D eigenvalue weighted by Crippen LogP contribution is 2.20. The summed E-state index contributed by atoms with van der Waals surface area (Å²) < 4.78 is 5.74. The van der Waals surface area contributed by atoms with Gasteiger partial charge in [0.25, 0.3) is 5.91 Å². The van der Waals surface area contributed by atoms with Crippen LogP contribution in [0.15, 0.2) is 18.2 Å². The summed E-state index contributed by atoms with van der Waals surface area (Å²) in [6.45, 7) is 5.15. The van der Waals surface area contributed by atoms with E-state index < -0.39 is 0 Å². The van der Waals surface area contributed by atoms with Crippen LogP contribution in [0.2, 0.25) is 5.02 Å². The average Bonchev–Trinajstić information content (AvgIpc) is 2.37. The minimum absolute atomic E-state index is 0.0512. The molecule has 0 aromatic heterocycles. The molecule has 1 saturated heterocycles. The van der Waals surface area contributed by atoms with Gasteiger partial charge in [-0.3, -0.25) is 4.79 Å². The number of morpholine rings is 1. The fraction of sp³-hybridized carbons (Fsp3) is 0.500. The zero-order valence-electron chi connectivity index (χ0n) is 11.0. The Balaban J connectivity index is 2.18. The molecule has 19 heavy (non-hydrogen) atoms. The van der Waals surface area contributed by atoms with Crippen LogP contribution in [0.5, 0.6) is 0 Å². The van der Waals surface area contributed by atoms with Crippen molar-refractivity contribution in [1.29, 1.82) is 0 Å². The van der Waals surface area contributed by atoms with E-state index in [-0.39, 0.29) is 18.1 Å². The van der Waals surface area contributed by atoms with E-state index in [0.717, 1.165) is 10.9 Å². The highest BCUT2D eigenvalue weighted by Gasteiger charge is 2.28. The maximum atomic E-state index is 12.6. The maximum absolute atomic E-state index is 12.6. The second-order valence-corrected chi connectivity index (χ2v) is 5.98. The van der Waals surface area contributed by atoms with E-state index in [0.29, 0.717) is 23.7 Å². The highest BCUT2D eigenvalue weighted by atomic mass is 79.9. The molecule has 2 rings (SSSR count). The number of amides is 1. The number of carbonyl (C=O) groups excluding carboxylic acids is 1. The zero-order chi connectivity index (χ0) is 14.0. The zero-order valence-corrected chi connectivity index (χ0v) is 13.4. The summed E-state index contributed by atoms with van der Waals surface area (Å²) in [5, 5.41) is 1.39. The predicted molar refractivity (Wildman–Crippen MR) is 80.2 cm³/mol. The van der Waals surface area contributed by atoms with E-state index in [1.54, 1.807) is 12.1 Å². The molecule has 1 aromatic rings. The standard InChI is InChI=1S/C14H17BrClNO2/c1-9-5-11(16)3-4-13(9)14(18)17-7-10(2)19-12(6-15)8-17/h3-5,10,12H,6-8H2,1-2H3. The summed E-state index contributed by atoms with van der Waals surface area (Å²) in [5.41, 5.74) is 1.62. The molecule has 104 valence electrons. The molecule has 3 nitrogen and oxygen atoms in total. The minimum Gasteiger partial charge on any atom is -0.371 e. The first kappa shape index (κ1) is 14.8. The second-order valence-electron chi connectivity index (χ2n) is 4.89. The Morgan fingerprint density at radius 3 is 2.89 bits per heavy atom. The summed E-state index contributed by atoms with van der Waals surface area (Å²) in [7, 11) is 0. The molecule has 2 atom stereocenters. The van der Waals surface area contributed by atoms with Crippen LogP contribution in [0.1, 0.15) is 22.8 Å². The van der Waals surface area contributed by atoms with Crippen molar-refractivity contribution >= 4 is 33.4 Å². The van der Waals surface area contributed by atoms with Crippen LogP contribution in [0.25, 0.3) is 0 Å². The molecule has 0 spiro atoms. The third-order valence-electron chi connectivity index (χ3n) is 3.20. The van der Waals surface area contributed by atoms with E-state index in [2.05, 4.69) is 15.9 Å². The first-order valence-electron chi connectivity index (χ1n) is 6.28. The third kappa shape index (κ3) is 3.50. The summed E-state index contributed by atoms with van der Waals surface area (Å²) >= 11 is 9.34. The highest BCUT2D eigenvalue weighted by molar-refractivity contribution is 9.09. The smallest absolute Gasteiger partial charge is 0.254 e. The van der Waals surface area contributed by atoms with Crippen LogP contribution in [0, 0.1) is 6.92 Å². The lowest BCUT2D eigenvalue weighted by atomic mass is 10.1. The monoisotopic (exact) mass is 345 g/mol. The number of carbonyl (C=O) groups is 1. The van der Waals surface area contributed by atoms with Crippen molar-refractivity contribution in [1.82, 2.24) is 4.90 Å². The molecule has 0 N–H and O–H groups in total. The van der Waals surface area contributed by atoms with Crippen molar-refractivity contribution in [2.45, 2.75) is 26.1 Å². The van der Waals surface area contributed by atoms with Crippen LogP contribution in [0.4, 0.5) is 0 Å².